The molecule has 0 bridgehead atoms. The summed E-state index contributed by atoms with van der Waals surface area (Å²) >= 11 is 4.48. The number of aromatic nitrogens is 1. The van der Waals surface area contributed by atoms with Gasteiger partial charge in [-0.15, -0.1) is 34.4 Å². The number of nitrogens with one attached hydrogen (secondary N) is 2. The summed E-state index contributed by atoms with van der Waals surface area (Å²) in [5, 5.41) is 10.0. The number of nitrogens with zero attached hydrogens (tertiary/aromatic N) is 1. The fourth-order valence-corrected chi connectivity index (χ4v) is 5.97. The van der Waals surface area contributed by atoms with Crippen LogP contribution in [0.25, 0.3) is 10.6 Å². The lowest BCUT2D eigenvalue weighted by Gasteiger charge is -2.18. The molecular weight excluding hydrogens is 495 g/mol. The fraction of sp³-hybridized carbons (Fsp3) is 0.222. The van der Waals surface area contributed by atoms with Crippen LogP contribution in [-0.4, -0.2) is 16.8 Å². The van der Waals surface area contributed by atoms with Crippen molar-refractivity contribution in [3.8, 4) is 10.6 Å². The minimum absolute atomic E-state index is 0.0256. The zero-order valence-electron chi connectivity index (χ0n) is 19.8. The third-order valence-corrected chi connectivity index (χ3v) is 7.81. The van der Waals surface area contributed by atoms with Crippen molar-refractivity contribution in [2.24, 2.45) is 5.41 Å². The summed E-state index contributed by atoms with van der Waals surface area (Å²) in [5.74, 6) is -0.169. The van der Waals surface area contributed by atoms with Crippen LogP contribution < -0.4 is 10.6 Å². The Bertz CT molecular complexity index is 1280. The second kappa shape index (κ2) is 11.2. The van der Waals surface area contributed by atoms with E-state index in [1.54, 1.807) is 11.3 Å². The number of benzene rings is 2. The van der Waals surface area contributed by atoms with Crippen LogP contribution in [0.5, 0.6) is 0 Å². The zero-order valence-corrected chi connectivity index (χ0v) is 22.2. The molecule has 2 aromatic carbocycles. The predicted molar refractivity (Wildman–Crippen MR) is 148 cm³/mol. The van der Waals surface area contributed by atoms with Crippen molar-refractivity contribution in [3.05, 3.63) is 83.1 Å². The van der Waals surface area contributed by atoms with Crippen LogP contribution in [0.2, 0.25) is 0 Å². The summed E-state index contributed by atoms with van der Waals surface area (Å²) in [5.41, 5.74) is 2.39. The molecule has 1 unspecified atom stereocenters. The highest BCUT2D eigenvalue weighted by molar-refractivity contribution is 8.00. The second-order valence-electron chi connectivity index (χ2n) is 9.23. The summed E-state index contributed by atoms with van der Waals surface area (Å²) in [6.07, 6.45) is 0.431. The molecule has 0 radical (unpaired) electrons. The summed E-state index contributed by atoms with van der Waals surface area (Å²) in [7, 11) is 0. The molecule has 2 aromatic heterocycles. The van der Waals surface area contributed by atoms with Gasteiger partial charge >= 0.3 is 0 Å². The average molecular weight is 522 g/mol. The number of hydrogen-bond acceptors (Lipinski definition) is 6. The Kier molecular flexibility index (Phi) is 8.05. The van der Waals surface area contributed by atoms with Gasteiger partial charge in [0, 0.05) is 22.4 Å². The number of hydrogen-bond donors (Lipinski definition) is 2. The molecule has 5 nitrogen and oxygen atoms in total. The molecule has 180 valence electrons. The van der Waals surface area contributed by atoms with Crippen molar-refractivity contribution in [2.45, 2.75) is 37.3 Å². The molecule has 2 heterocycles. The molecule has 0 saturated heterocycles. The molecule has 35 heavy (non-hydrogen) atoms. The van der Waals surface area contributed by atoms with Crippen molar-refractivity contribution in [3.63, 3.8) is 0 Å². The summed E-state index contributed by atoms with van der Waals surface area (Å²) in [4.78, 5) is 32.3. The van der Waals surface area contributed by atoms with Crippen molar-refractivity contribution in [1.29, 1.82) is 0 Å². The van der Waals surface area contributed by atoms with Crippen LogP contribution in [0, 0.1) is 5.41 Å². The van der Waals surface area contributed by atoms with Crippen molar-refractivity contribution < 1.29 is 9.59 Å². The molecule has 1 atom stereocenters. The van der Waals surface area contributed by atoms with Crippen molar-refractivity contribution >= 4 is 57.1 Å². The Morgan fingerprint density at radius 3 is 2.49 bits per heavy atom. The van der Waals surface area contributed by atoms with Gasteiger partial charge < -0.3 is 10.6 Å². The van der Waals surface area contributed by atoms with E-state index in [9.17, 15) is 9.59 Å². The van der Waals surface area contributed by atoms with E-state index in [2.05, 4.69) is 15.6 Å². The molecule has 0 fully saturated rings. The maximum Gasteiger partial charge on any atom is 0.244 e. The number of rotatable bonds is 8. The standard InChI is InChI=1S/C27H27N3O2S3/c1-27(2,3)16-23(31)28-19-11-7-12-20(15-19)35-24(18-9-5-4-6-10-18)25(32)30-26-29-21(17-34-26)22-13-8-14-33-22/h4-15,17,24H,16H2,1-3H3,(H,28,31)(H,29,30,32). The van der Waals surface area contributed by atoms with Gasteiger partial charge in [0.05, 0.1) is 10.6 Å². The Morgan fingerprint density at radius 2 is 1.77 bits per heavy atom. The molecule has 8 heteroatoms. The molecule has 0 aliphatic rings. The molecule has 0 saturated carbocycles. The first-order valence-corrected chi connectivity index (χ1v) is 13.8. The van der Waals surface area contributed by atoms with Crippen LogP contribution in [0.3, 0.4) is 0 Å². The van der Waals surface area contributed by atoms with Gasteiger partial charge in [0.1, 0.15) is 5.25 Å². The molecule has 0 spiro atoms. The average Bonchev–Trinajstić information content (AvgIpc) is 3.49. The topological polar surface area (TPSA) is 71.1 Å². The first kappa shape index (κ1) is 25.2. The molecular formula is C27H27N3O2S3. The lowest BCUT2D eigenvalue weighted by Crippen LogP contribution is -2.20. The van der Waals surface area contributed by atoms with E-state index in [1.165, 1.54) is 23.1 Å². The molecule has 0 aliphatic carbocycles. The minimum Gasteiger partial charge on any atom is -0.326 e. The molecule has 0 aliphatic heterocycles. The third kappa shape index (κ3) is 7.27. The number of anilines is 2. The van der Waals surface area contributed by atoms with Gasteiger partial charge in [0.15, 0.2) is 5.13 Å². The second-order valence-corrected chi connectivity index (χ2v) is 12.2. The summed E-state index contributed by atoms with van der Waals surface area (Å²) in [6, 6.07) is 21.3. The summed E-state index contributed by atoms with van der Waals surface area (Å²) in [6.45, 7) is 6.11. The maximum absolute atomic E-state index is 13.4. The van der Waals surface area contributed by atoms with Gasteiger partial charge in [-0.3, -0.25) is 9.59 Å². The van der Waals surface area contributed by atoms with Crippen LogP contribution in [0.4, 0.5) is 10.8 Å². The molecule has 2 N–H and O–H groups in total. The van der Waals surface area contributed by atoms with Crippen molar-refractivity contribution in [1.82, 2.24) is 4.98 Å². The maximum atomic E-state index is 13.4. The van der Waals surface area contributed by atoms with E-state index in [4.69, 9.17) is 0 Å². The van der Waals surface area contributed by atoms with E-state index >= 15 is 0 Å². The summed E-state index contributed by atoms with van der Waals surface area (Å²) < 4.78 is 0. The third-order valence-electron chi connectivity index (χ3n) is 4.91. The molecule has 4 rings (SSSR count). The monoisotopic (exact) mass is 521 g/mol. The highest BCUT2D eigenvalue weighted by atomic mass is 32.2. The molecule has 4 aromatic rings. The Hall–Kier alpha value is -2.94. The van der Waals surface area contributed by atoms with Crippen LogP contribution in [-0.2, 0) is 9.59 Å². The Balaban J connectivity index is 1.51. The minimum atomic E-state index is -0.481. The Labute approximate surface area is 218 Å². The predicted octanol–water partition coefficient (Wildman–Crippen LogP) is 7.72. The fourth-order valence-electron chi connectivity index (χ4n) is 3.41. The first-order chi connectivity index (χ1) is 16.8. The highest BCUT2D eigenvalue weighted by Crippen LogP contribution is 2.38. The van der Waals surface area contributed by atoms with E-state index in [-0.39, 0.29) is 17.2 Å². The number of thiophene rings is 1. The van der Waals surface area contributed by atoms with Crippen LogP contribution in [0.15, 0.2) is 82.4 Å². The zero-order chi connectivity index (χ0) is 24.8. The SMILES string of the molecule is CC(C)(C)CC(=O)Nc1cccc(SC(C(=O)Nc2nc(-c3cccs3)cs2)c2ccccc2)c1. The van der Waals surface area contributed by atoms with Gasteiger partial charge in [0.25, 0.3) is 0 Å². The lowest BCUT2D eigenvalue weighted by atomic mass is 9.92. The quantitative estimate of drug-likeness (QED) is 0.233. The van der Waals surface area contributed by atoms with E-state index in [0.29, 0.717) is 11.6 Å². The van der Waals surface area contributed by atoms with Crippen LogP contribution >= 0.6 is 34.4 Å². The smallest absolute Gasteiger partial charge is 0.244 e. The van der Waals surface area contributed by atoms with Gasteiger partial charge in [-0.25, -0.2) is 4.98 Å². The van der Waals surface area contributed by atoms with Crippen molar-refractivity contribution in [2.75, 3.05) is 10.6 Å². The van der Waals surface area contributed by atoms with E-state index < -0.39 is 5.25 Å². The van der Waals surface area contributed by atoms with Crippen LogP contribution in [0.1, 0.15) is 38.0 Å². The van der Waals surface area contributed by atoms with E-state index in [0.717, 1.165) is 26.7 Å². The largest absolute Gasteiger partial charge is 0.326 e. The number of carbonyl (C=O) groups excluding carboxylic acids is 2. The van der Waals surface area contributed by atoms with Gasteiger partial charge in [-0.05, 0) is 40.6 Å². The number of amides is 2. The number of carbonyl (C=O) groups is 2. The number of thioether (sulfide) groups is 1. The highest BCUT2D eigenvalue weighted by Gasteiger charge is 2.24. The number of thiazole rings is 1. The lowest BCUT2D eigenvalue weighted by molar-refractivity contribution is -0.118. The van der Waals surface area contributed by atoms with Gasteiger partial charge in [0.2, 0.25) is 11.8 Å². The Morgan fingerprint density at radius 1 is 0.971 bits per heavy atom. The van der Waals surface area contributed by atoms with Gasteiger partial charge in [-0.2, -0.15) is 0 Å². The molecule has 2 amide bonds. The normalized spacial score (nSPS) is 12.2. The van der Waals surface area contributed by atoms with E-state index in [1.807, 2.05) is 98.3 Å². The first-order valence-electron chi connectivity index (χ1n) is 11.2. The van der Waals surface area contributed by atoms with Gasteiger partial charge in [-0.1, -0.05) is 63.2 Å².